The average molecular weight is 503 g/mol. The van der Waals surface area contributed by atoms with Crippen molar-refractivity contribution < 1.29 is 21.7 Å². The number of rotatable bonds is 26. The van der Waals surface area contributed by atoms with E-state index in [0.717, 1.165) is 30.4 Å². The van der Waals surface area contributed by atoms with Crippen molar-refractivity contribution in [1.82, 2.24) is 5.32 Å². The van der Waals surface area contributed by atoms with E-state index in [-0.39, 0.29) is 18.3 Å². The molecule has 0 radical (unpaired) electrons. The Kier molecular flexibility index (Phi) is 28.8. The summed E-state index contributed by atoms with van der Waals surface area (Å²) in [5, 5.41) is 3.11. The molecule has 0 aromatic rings. The van der Waals surface area contributed by atoms with Crippen LogP contribution in [0, 0.1) is 0 Å². The standard InChI is InChI=1S/C30H62N2O.ClH/c1-5-7-8-9-10-11-12-13-14-15-16-17-18-19-20-21-22-23-24-26-30(33)31-27-25-29-32(3,4)28-6-2;/h5-29H2,1-4H3;1H. The zero-order valence-electron chi connectivity index (χ0n) is 23.9. The third-order valence-electron chi connectivity index (χ3n) is 7.10. The van der Waals surface area contributed by atoms with Gasteiger partial charge in [-0.15, -0.1) is 0 Å². The van der Waals surface area contributed by atoms with Gasteiger partial charge in [-0.25, -0.2) is 0 Å². The van der Waals surface area contributed by atoms with Gasteiger partial charge in [-0.05, 0) is 12.8 Å². The number of quaternary nitrogens is 1. The van der Waals surface area contributed by atoms with Crippen LogP contribution in [0.1, 0.15) is 155 Å². The lowest BCUT2D eigenvalue weighted by molar-refractivity contribution is -0.890. The molecule has 4 heteroatoms. The second-order valence-corrected chi connectivity index (χ2v) is 11.2. The second-order valence-electron chi connectivity index (χ2n) is 11.2. The quantitative estimate of drug-likeness (QED) is 0.117. The fourth-order valence-electron chi connectivity index (χ4n) is 4.90. The molecule has 1 N–H and O–H groups in total. The molecule has 0 saturated heterocycles. The summed E-state index contributed by atoms with van der Waals surface area (Å²) in [6, 6.07) is 0. The minimum Gasteiger partial charge on any atom is -1.00 e. The van der Waals surface area contributed by atoms with E-state index < -0.39 is 0 Å². The molecule has 0 rings (SSSR count). The van der Waals surface area contributed by atoms with Crippen molar-refractivity contribution in [1.29, 1.82) is 0 Å². The van der Waals surface area contributed by atoms with Crippen LogP contribution in [-0.2, 0) is 4.79 Å². The van der Waals surface area contributed by atoms with Crippen molar-refractivity contribution in [3.05, 3.63) is 0 Å². The molecule has 0 unspecified atom stereocenters. The molecule has 0 bridgehead atoms. The van der Waals surface area contributed by atoms with E-state index in [1.807, 2.05) is 0 Å². The van der Waals surface area contributed by atoms with Crippen LogP contribution >= 0.6 is 0 Å². The summed E-state index contributed by atoms with van der Waals surface area (Å²) in [6.45, 7) is 7.73. The smallest absolute Gasteiger partial charge is 0.219 e. The second kappa shape index (κ2) is 27.3. The first-order valence-electron chi connectivity index (χ1n) is 15.1. The van der Waals surface area contributed by atoms with Gasteiger partial charge in [0.15, 0.2) is 0 Å². The molecule has 0 aromatic carbocycles. The lowest BCUT2D eigenvalue weighted by Crippen LogP contribution is -3.00. The van der Waals surface area contributed by atoms with Gasteiger partial charge in [-0.2, -0.15) is 0 Å². The number of halogens is 1. The molecule has 0 aromatic heterocycles. The Bertz CT molecular complexity index is 415. The maximum Gasteiger partial charge on any atom is 0.219 e. The highest BCUT2D eigenvalue weighted by molar-refractivity contribution is 5.75. The summed E-state index contributed by atoms with van der Waals surface area (Å²) in [5.41, 5.74) is 0. The summed E-state index contributed by atoms with van der Waals surface area (Å²) < 4.78 is 1.06. The van der Waals surface area contributed by atoms with Crippen LogP contribution < -0.4 is 17.7 Å². The third-order valence-corrected chi connectivity index (χ3v) is 7.10. The summed E-state index contributed by atoms with van der Waals surface area (Å²) in [4.78, 5) is 12.0. The van der Waals surface area contributed by atoms with Gasteiger partial charge in [0.05, 0.1) is 27.2 Å². The van der Waals surface area contributed by atoms with Crippen molar-refractivity contribution in [3.63, 3.8) is 0 Å². The van der Waals surface area contributed by atoms with E-state index in [0.29, 0.717) is 6.42 Å². The van der Waals surface area contributed by atoms with Crippen molar-refractivity contribution in [2.24, 2.45) is 0 Å². The molecular formula is C30H63ClN2O. The molecule has 0 aliphatic heterocycles. The summed E-state index contributed by atoms with van der Waals surface area (Å²) in [6.07, 6.45) is 29.5. The van der Waals surface area contributed by atoms with E-state index in [1.165, 1.54) is 129 Å². The van der Waals surface area contributed by atoms with Gasteiger partial charge in [0, 0.05) is 19.4 Å². The molecule has 0 fully saturated rings. The van der Waals surface area contributed by atoms with Gasteiger partial charge in [-0.1, -0.05) is 129 Å². The molecule has 0 atom stereocenters. The minimum absolute atomic E-state index is 0. The summed E-state index contributed by atoms with van der Waals surface area (Å²) in [7, 11) is 4.56. The van der Waals surface area contributed by atoms with Crippen LogP contribution in [0.2, 0.25) is 0 Å². The Morgan fingerprint density at radius 2 is 0.912 bits per heavy atom. The number of hydrogen-bond acceptors (Lipinski definition) is 1. The number of unbranched alkanes of at least 4 members (excludes halogenated alkanes) is 18. The predicted molar refractivity (Wildman–Crippen MR) is 148 cm³/mol. The highest BCUT2D eigenvalue weighted by atomic mass is 35.5. The number of hydrogen-bond donors (Lipinski definition) is 1. The Morgan fingerprint density at radius 3 is 1.29 bits per heavy atom. The number of nitrogens with zero attached hydrogens (tertiary/aromatic N) is 1. The Balaban J connectivity index is 0. The SMILES string of the molecule is CCCCCCCCCCCCCCCCCCCCCC(=O)NCCC[N+](C)(C)CCC.[Cl-]. The first-order chi connectivity index (χ1) is 16.0. The van der Waals surface area contributed by atoms with Gasteiger partial charge in [0.2, 0.25) is 5.91 Å². The molecule has 34 heavy (non-hydrogen) atoms. The fraction of sp³-hybridized carbons (Fsp3) is 0.967. The molecule has 3 nitrogen and oxygen atoms in total. The monoisotopic (exact) mass is 502 g/mol. The van der Waals surface area contributed by atoms with E-state index in [9.17, 15) is 4.79 Å². The third kappa shape index (κ3) is 28.0. The van der Waals surface area contributed by atoms with Gasteiger partial charge in [0.25, 0.3) is 0 Å². The lowest BCUT2D eigenvalue weighted by Gasteiger charge is -2.29. The molecule has 0 spiro atoms. The molecule has 0 saturated carbocycles. The van der Waals surface area contributed by atoms with Crippen LogP contribution in [0.5, 0.6) is 0 Å². The largest absolute Gasteiger partial charge is 1.00 e. The summed E-state index contributed by atoms with van der Waals surface area (Å²) >= 11 is 0. The highest BCUT2D eigenvalue weighted by Crippen LogP contribution is 2.14. The van der Waals surface area contributed by atoms with Crippen molar-refractivity contribution >= 4 is 5.91 Å². The number of nitrogens with one attached hydrogen (secondary N) is 1. The molecular weight excluding hydrogens is 440 g/mol. The first-order valence-corrected chi connectivity index (χ1v) is 15.1. The van der Waals surface area contributed by atoms with Crippen LogP contribution in [0.25, 0.3) is 0 Å². The zero-order valence-corrected chi connectivity index (χ0v) is 24.7. The van der Waals surface area contributed by atoms with Gasteiger partial charge >= 0.3 is 0 Å². The Morgan fingerprint density at radius 1 is 0.529 bits per heavy atom. The molecule has 1 amide bonds. The Hall–Kier alpha value is -0.280. The zero-order chi connectivity index (χ0) is 24.5. The van der Waals surface area contributed by atoms with E-state index in [2.05, 4.69) is 33.3 Å². The number of carbonyl (C=O) groups excluding carboxylic acids is 1. The number of carbonyl (C=O) groups is 1. The molecule has 0 aliphatic carbocycles. The van der Waals surface area contributed by atoms with Crippen LogP contribution in [0.3, 0.4) is 0 Å². The van der Waals surface area contributed by atoms with Crippen LogP contribution in [0.4, 0.5) is 0 Å². The molecule has 0 aliphatic rings. The van der Waals surface area contributed by atoms with E-state index in [4.69, 9.17) is 0 Å². The topological polar surface area (TPSA) is 29.1 Å². The van der Waals surface area contributed by atoms with Crippen molar-refractivity contribution in [2.75, 3.05) is 33.7 Å². The maximum absolute atomic E-state index is 12.0. The highest BCUT2D eigenvalue weighted by Gasteiger charge is 2.12. The van der Waals surface area contributed by atoms with E-state index >= 15 is 0 Å². The normalized spacial score (nSPS) is 11.4. The van der Waals surface area contributed by atoms with Gasteiger partial charge in [0.1, 0.15) is 0 Å². The Labute approximate surface area is 221 Å². The van der Waals surface area contributed by atoms with Crippen molar-refractivity contribution in [2.45, 2.75) is 155 Å². The van der Waals surface area contributed by atoms with Gasteiger partial charge in [-0.3, -0.25) is 4.79 Å². The maximum atomic E-state index is 12.0. The van der Waals surface area contributed by atoms with E-state index in [1.54, 1.807) is 0 Å². The van der Waals surface area contributed by atoms with Crippen LogP contribution in [-0.4, -0.2) is 44.1 Å². The minimum atomic E-state index is 0. The fourth-order valence-corrected chi connectivity index (χ4v) is 4.90. The first kappa shape index (κ1) is 35.9. The van der Waals surface area contributed by atoms with Crippen LogP contribution in [0.15, 0.2) is 0 Å². The van der Waals surface area contributed by atoms with Crippen molar-refractivity contribution in [3.8, 4) is 0 Å². The van der Waals surface area contributed by atoms with Gasteiger partial charge < -0.3 is 22.2 Å². The lowest BCUT2D eigenvalue weighted by atomic mass is 10.0. The average Bonchev–Trinajstić information content (AvgIpc) is 2.78. The summed E-state index contributed by atoms with van der Waals surface area (Å²) in [5.74, 6) is 0.253. The number of amides is 1. The molecule has 0 heterocycles. The molecule has 206 valence electrons. The predicted octanol–water partition coefficient (Wildman–Crippen LogP) is 5.81.